The molecule has 220 valence electrons. The van der Waals surface area contributed by atoms with Crippen molar-refractivity contribution in [1.82, 2.24) is 0 Å². The highest BCUT2D eigenvalue weighted by molar-refractivity contribution is 5.71. The molecule has 0 bridgehead atoms. The van der Waals surface area contributed by atoms with Crippen LogP contribution in [0.2, 0.25) is 0 Å². The van der Waals surface area contributed by atoms with Gasteiger partial charge < -0.3 is 25.2 Å². The van der Waals surface area contributed by atoms with Crippen molar-refractivity contribution < 1.29 is 34.8 Å². The Balaban J connectivity index is 0.000000701. The topological polar surface area (TPSA) is 124 Å². The maximum Gasteiger partial charge on any atom is 0.308 e. The fraction of sp³-hybridized carbons (Fsp3) is 0.933. The molecule has 0 aromatic rings. The Bertz CT molecular complexity index is 696. The van der Waals surface area contributed by atoms with Crippen LogP contribution in [0.25, 0.3) is 0 Å². The predicted molar refractivity (Wildman–Crippen MR) is 148 cm³/mol. The van der Waals surface area contributed by atoms with E-state index in [1.54, 1.807) is 0 Å². The highest BCUT2D eigenvalue weighted by Gasteiger charge is 2.41. The minimum atomic E-state index is -1.04. The number of carboxylic acid groups (broad SMARTS) is 1. The number of esters is 1. The number of aliphatic carboxylic acids is 1. The third kappa shape index (κ3) is 14.5. The van der Waals surface area contributed by atoms with Gasteiger partial charge in [-0.25, -0.2) is 0 Å². The third-order valence-corrected chi connectivity index (χ3v) is 7.56. The fourth-order valence-corrected chi connectivity index (χ4v) is 6.35. The summed E-state index contributed by atoms with van der Waals surface area (Å²) in [5, 5.41) is 38.2. The summed E-state index contributed by atoms with van der Waals surface area (Å²) in [6, 6.07) is 0. The molecule has 0 spiro atoms. The lowest BCUT2D eigenvalue weighted by Gasteiger charge is -2.42. The molecule has 0 saturated carbocycles. The first-order chi connectivity index (χ1) is 16.7. The number of aliphatic hydroxyl groups excluding tert-OH is 3. The van der Waals surface area contributed by atoms with E-state index in [0.29, 0.717) is 6.42 Å². The molecule has 0 unspecified atom stereocenters. The number of rotatable bonds is 14. The van der Waals surface area contributed by atoms with Crippen LogP contribution in [0.3, 0.4) is 0 Å². The van der Waals surface area contributed by atoms with Gasteiger partial charge in [-0.3, -0.25) is 9.59 Å². The molecule has 1 heterocycles. The van der Waals surface area contributed by atoms with Crippen LogP contribution in [0.1, 0.15) is 133 Å². The van der Waals surface area contributed by atoms with Gasteiger partial charge in [-0.15, -0.1) is 0 Å². The molecular formula is C30H58O7. The minimum absolute atomic E-state index is 0.0876. The van der Waals surface area contributed by atoms with Gasteiger partial charge in [-0.05, 0) is 41.9 Å². The molecule has 1 saturated heterocycles. The lowest BCUT2D eigenvalue weighted by atomic mass is 9.69. The van der Waals surface area contributed by atoms with E-state index in [2.05, 4.69) is 55.4 Å². The van der Waals surface area contributed by atoms with Crippen LogP contribution < -0.4 is 0 Å². The average molecular weight is 531 g/mol. The summed E-state index contributed by atoms with van der Waals surface area (Å²) in [4.78, 5) is 22.0. The van der Waals surface area contributed by atoms with E-state index in [-0.39, 0.29) is 53.0 Å². The van der Waals surface area contributed by atoms with Gasteiger partial charge in [-0.1, -0.05) is 82.1 Å². The van der Waals surface area contributed by atoms with E-state index in [4.69, 9.17) is 9.84 Å². The van der Waals surface area contributed by atoms with Crippen molar-refractivity contribution in [1.29, 1.82) is 0 Å². The first kappa shape index (κ1) is 35.8. The van der Waals surface area contributed by atoms with Crippen LogP contribution in [0.5, 0.6) is 0 Å². The summed E-state index contributed by atoms with van der Waals surface area (Å²) < 4.78 is 5.45. The predicted octanol–water partition coefficient (Wildman–Crippen LogP) is 6.11. The van der Waals surface area contributed by atoms with Gasteiger partial charge in [0.15, 0.2) is 0 Å². The zero-order chi connectivity index (χ0) is 29.2. The summed E-state index contributed by atoms with van der Waals surface area (Å²) in [6.45, 7) is 21.4. The van der Waals surface area contributed by atoms with Crippen molar-refractivity contribution >= 4 is 11.9 Å². The lowest BCUT2D eigenvalue weighted by molar-refractivity contribution is -0.171. The Morgan fingerprint density at radius 2 is 1.43 bits per heavy atom. The normalized spacial score (nSPS) is 20.9. The largest absolute Gasteiger partial charge is 0.481 e. The molecule has 0 aliphatic carbocycles. The van der Waals surface area contributed by atoms with Crippen molar-refractivity contribution in [3.63, 3.8) is 0 Å². The Morgan fingerprint density at radius 3 is 1.86 bits per heavy atom. The zero-order valence-electron chi connectivity index (χ0n) is 25.4. The molecule has 4 N–H and O–H groups in total. The lowest BCUT2D eigenvalue weighted by Crippen LogP contribution is -2.43. The van der Waals surface area contributed by atoms with Gasteiger partial charge in [0.2, 0.25) is 0 Å². The number of cyclic esters (lactones) is 1. The number of aliphatic hydroxyl groups is 3. The standard InChI is InChI=1S/C15H30O4.C15H28O3/c1-6-7-14(2,3)10-15(4,5)12(17)8-11(16)9-13(18)19;1-6-7-14(2,3)10-15(4,5)12-8-11(16)9-13(17)18-12/h11-12,16-17H,6-10H2,1-5H3,(H,18,19);11-12,16H,6-10H2,1-5H3/t2*11-,12+/m11/s1. The number of carbonyl (C=O) groups is 2. The van der Waals surface area contributed by atoms with Crippen LogP contribution in [0.4, 0.5) is 0 Å². The zero-order valence-corrected chi connectivity index (χ0v) is 25.4. The second-order valence-corrected chi connectivity index (χ2v) is 14.2. The van der Waals surface area contributed by atoms with E-state index in [1.807, 2.05) is 13.8 Å². The molecule has 7 nitrogen and oxygen atoms in total. The summed E-state index contributed by atoms with van der Waals surface area (Å²) in [6.07, 6.45) is 4.48. The molecule has 1 rings (SSSR count). The third-order valence-electron chi connectivity index (χ3n) is 7.56. The Kier molecular flexibility index (Phi) is 14.4. The van der Waals surface area contributed by atoms with E-state index in [9.17, 15) is 24.9 Å². The molecule has 1 aliphatic rings. The second kappa shape index (κ2) is 14.8. The first-order valence-electron chi connectivity index (χ1n) is 14.1. The maximum absolute atomic E-state index is 11.4. The quantitative estimate of drug-likeness (QED) is 0.200. The number of hydrogen-bond donors (Lipinski definition) is 4. The fourth-order valence-electron chi connectivity index (χ4n) is 6.35. The maximum atomic E-state index is 11.4. The molecule has 37 heavy (non-hydrogen) atoms. The number of carboxylic acids is 1. The van der Waals surface area contributed by atoms with E-state index in [0.717, 1.165) is 32.1 Å². The van der Waals surface area contributed by atoms with Crippen molar-refractivity contribution in [3.05, 3.63) is 0 Å². The van der Waals surface area contributed by atoms with Gasteiger partial charge >= 0.3 is 11.9 Å². The van der Waals surface area contributed by atoms with Gasteiger partial charge in [0.25, 0.3) is 0 Å². The van der Waals surface area contributed by atoms with Crippen LogP contribution in [0.15, 0.2) is 0 Å². The molecule has 0 aromatic carbocycles. The average Bonchev–Trinajstić information content (AvgIpc) is 2.65. The Labute approximate surface area is 226 Å². The van der Waals surface area contributed by atoms with Gasteiger partial charge in [0.1, 0.15) is 6.10 Å². The van der Waals surface area contributed by atoms with Gasteiger partial charge in [0.05, 0.1) is 31.2 Å². The molecule has 1 fully saturated rings. The van der Waals surface area contributed by atoms with Crippen molar-refractivity contribution in [2.75, 3.05) is 0 Å². The molecule has 0 aromatic heterocycles. The highest BCUT2D eigenvalue weighted by Crippen LogP contribution is 2.43. The molecule has 0 amide bonds. The van der Waals surface area contributed by atoms with Crippen LogP contribution in [0, 0.1) is 21.7 Å². The van der Waals surface area contributed by atoms with Gasteiger partial charge in [-0.2, -0.15) is 0 Å². The second-order valence-electron chi connectivity index (χ2n) is 14.2. The van der Waals surface area contributed by atoms with E-state index >= 15 is 0 Å². The summed E-state index contributed by atoms with van der Waals surface area (Å²) in [5.41, 5.74) is -0.0437. The molecular weight excluding hydrogens is 472 g/mol. The van der Waals surface area contributed by atoms with Gasteiger partial charge in [0, 0.05) is 18.3 Å². The molecule has 4 atom stereocenters. The molecule has 7 heteroatoms. The van der Waals surface area contributed by atoms with Crippen molar-refractivity contribution in [3.8, 4) is 0 Å². The Hall–Kier alpha value is -1.18. The van der Waals surface area contributed by atoms with Crippen molar-refractivity contribution in [2.24, 2.45) is 21.7 Å². The first-order valence-corrected chi connectivity index (χ1v) is 14.1. The summed E-state index contributed by atoms with van der Waals surface area (Å²) in [5.74, 6) is -1.30. The number of ether oxygens (including phenoxy) is 1. The summed E-state index contributed by atoms with van der Waals surface area (Å²) >= 11 is 0. The van der Waals surface area contributed by atoms with E-state index in [1.165, 1.54) is 6.42 Å². The minimum Gasteiger partial charge on any atom is -0.481 e. The van der Waals surface area contributed by atoms with Crippen LogP contribution in [-0.2, 0) is 14.3 Å². The number of carbonyl (C=O) groups excluding carboxylic acids is 1. The van der Waals surface area contributed by atoms with E-state index < -0.39 is 24.3 Å². The van der Waals surface area contributed by atoms with Crippen LogP contribution >= 0.6 is 0 Å². The smallest absolute Gasteiger partial charge is 0.308 e. The molecule has 0 radical (unpaired) electrons. The summed E-state index contributed by atoms with van der Waals surface area (Å²) in [7, 11) is 0. The highest BCUT2D eigenvalue weighted by atomic mass is 16.5. The SMILES string of the molecule is CCCC(C)(C)CC(C)(C)[C@@H](O)C[C@@H](O)CC(=O)O.CCCC(C)(C)CC(C)(C)[C@@H]1C[C@@H](O)CC(=O)O1. The number of hydrogen-bond acceptors (Lipinski definition) is 6. The van der Waals surface area contributed by atoms with Crippen molar-refractivity contribution in [2.45, 2.75) is 158 Å². The van der Waals surface area contributed by atoms with Crippen LogP contribution in [-0.4, -0.2) is 56.8 Å². The Morgan fingerprint density at radius 1 is 0.946 bits per heavy atom. The monoisotopic (exact) mass is 530 g/mol. The molecule has 1 aliphatic heterocycles.